The van der Waals surface area contributed by atoms with E-state index in [1.807, 2.05) is 12.1 Å². The molecule has 2 aliphatic rings. The second-order valence-electron chi connectivity index (χ2n) is 14.2. The van der Waals surface area contributed by atoms with Crippen molar-refractivity contribution in [2.75, 3.05) is 39.3 Å². The van der Waals surface area contributed by atoms with E-state index in [4.69, 9.17) is 20.6 Å². The lowest BCUT2D eigenvalue weighted by Crippen LogP contribution is -2.45. The van der Waals surface area contributed by atoms with Crippen LogP contribution < -0.4 is 16.4 Å². The van der Waals surface area contributed by atoms with Crippen LogP contribution in [-0.2, 0) is 14.4 Å². The van der Waals surface area contributed by atoms with Crippen molar-refractivity contribution in [2.24, 2.45) is 16.8 Å². The lowest BCUT2D eigenvalue weighted by Gasteiger charge is -2.30. The summed E-state index contributed by atoms with van der Waals surface area (Å²) >= 11 is 0. The van der Waals surface area contributed by atoms with Gasteiger partial charge in [-0.2, -0.15) is 4.98 Å². The van der Waals surface area contributed by atoms with Crippen molar-refractivity contribution in [3.8, 4) is 11.4 Å². The van der Waals surface area contributed by atoms with Gasteiger partial charge in [0.05, 0.1) is 19.0 Å². The van der Waals surface area contributed by atoms with Gasteiger partial charge in [0, 0.05) is 54.4 Å². The highest BCUT2D eigenvalue weighted by Gasteiger charge is 2.29. The highest BCUT2D eigenvalue weighted by Crippen LogP contribution is 2.29. The number of carboxylic acids is 1. The maximum absolute atomic E-state index is 13.4. The Labute approximate surface area is 355 Å². The average Bonchev–Trinajstić information content (AvgIpc) is 3.81. The van der Waals surface area contributed by atoms with E-state index in [0.717, 1.165) is 0 Å². The summed E-state index contributed by atoms with van der Waals surface area (Å²) in [6.07, 6.45) is 2.30. The number of amidine groups is 1. The summed E-state index contributed by atoms with van der Waals surface area (Å²) in [5, 5.41) is 29.1. The van der Waals surface area contributed by atoms with Crippen LogP contribution in [0.2, 0.25) is 0 Å². The summed E-state index contributed by atoms with van der Waals surface area (Å²) in [5.41, 5.74) is 7.16. The highest BCUT2D eigenvalue weighted by molar-refractivity contribution is 5.97. The van der Waals surface area contributed by atoms with E-state index >= 15 is 0 Å². The number of nitrogens with one attached hydrogen (secondary N) is 2. The number of aromatic nitrogens is 2. The zero-order valence-electron chi connectivity index (χ0n) is 33.5. The quantitative estimate of drug-likeness (QED) is 0.0561. The third kappa shape index (κ3) is 13.5. The number of hydrogen-bond acceptors (Lipinski definition) is 10. The number of amides is 4. The molecule has 16 nitrogen and oxygen atoms in total. The number of nitrogens with zero attached hydrogens (tertiary/aromatic N) is 5. The van der Waals surface area contributed by atoms with Gasteiger partial charge in [0.15, 0.2) is 5.84 Å². The van der Waals surface area contributed by atoms with Crippen LogP contribution in [-0.4, -0.2) is 105 Å². The molecule has 4 amide bonds. The molecule has 0 radical (unpaired) electrons. The van der Waals surface area contributed by atoms with Gasteiger partial charge in [-0.1, -0.05) is 71.0 Å². The van der Waals surface area contributed by atoms with Gasteiger partial charge in [-0.15, -0.1) is 0 Å². The number of carbonyl (C=O) groups is 5. The normalized spacial score (nSPS) is 14.3. The molecule has 0 spiro atoms. The van der Waals surface area contributed by atoms with Gasteiger partial charge in [0.2, 0.25) is 23.5 Å². The van der Waals surface area contributed by atoms with Gasteiger partial charge < -0.3 is 41.0 Å². The first kappa shape index (κ1) is 45.6. The Morgan fingerprint density at radius 1 is 0.694 bits per heavy atom. The lowest BCUT2D eigenvalue weighted by molar-refractivity contribution is -0.145. The van der Waals surface area contributed by atoms with Crippen LogP contribution in [0.1, 0.15) is 63.8 Å². The Kier molecular flexibility index (Phi) is 16.7. The maximum atomic E-state index is 13.4. The van der Waals surface area contributed by atoms with E-state index < -0.39 is 11.8 Å². The van der Waals surface area contributed by atoms with Crippen molar-refractivity contribution < 1.29 is 47.6 Å². The summed E-state index contributed by atoms with van der Waals surface area (Å²) < 4.78 is 31.2. The zero-order valence-corrected chi connectivity index (χ0v) is 33.5. The first-order valence-electron chi connectivity index (χ1n) is 19.7. The number of halogens is 2. The predicted molar refractivity (Wildman–Crippen MR) is 222 cm³/mol. The molecule has 6 N–H and O–H groups in total. The molecule has 2 aliphatic heterocycles. The number of aliphatic carboxylic acids is 1. The van der Waals surface area contributed by atoms with Crippen molar-refractivity contribution >= 4 is 35.4 Å². The van der Waals surface area contributed by atoms with Crippen molar-refractivity contribution in [3.05, 3.63) is 143 Å². The minimum absolute atomic E-state index is 0.0390. The summed E-state index contributed by atoms with van der Waals surface area (Å²) in [7, 11) is 0. The largest absolute Gasteiger partial charge is 0.481 e. The standard InChI is InChI=1S/C22H21FN4O3.C15H18N2O4.C7H7FN2O/c23-18-8-4-7-17(13-18)20-25-22(30-26-20)16-9-11-27(12-10-16)19(28)14-24-21(29)15-5-2-1-3-6-15;18-13(17-8-6-12(7-9-17)15(20)21)10-16-14(19)11-4-2-1-3-5-11;8-6-3-1-2-5(4-6)7(9)10-11/h1-8,13,16H,9-12,14H2,(H,24,29);1-5,12H,6-10H2,(H,16,19)(H,20,21);1-4,11H,(H2,9,10). The monoisotopic (exact) mass is 852 g/mol. The van der Waals surface area contributed by atoms with Crippen LogP contribution in [0, 0.1) is 17.6 Å². The molecule has 1 aromatic heterocycles. The molecular formula is C44H46F2N8O8. The van der Waals surface area contributed by atoms with Crippen LogP contribution in [0.15, 0.2) is 119 Å². The van der Waals surface area contributed by atoms with Gasteiger partial charge in [-0.25, -0.2) is 8.78 Å². The smallest absolute Gasteiger partial charge is 0.306 e. The molecule has 0 saturated carbocycles. The Morgan fingerprint density at radius 3 is 1.66 bits per heavy atom. The van der Waals surface area contributed by atoms with E-state index in [2.05, 4.69) is 25.9 Å². The Balaban J connectivity index is 0.000000196. The lowest BCUT2D eigenvalue weighted by atomic mass is 9.96. The first-order chi connectivity index (χ1) is 29.9. The molecule has 324 valence electrons. The van der Waals surface area contributed by atoms with Crippen molar-refractivity contribution in [1.29, 1.82) is 0 Å². The fourth-order valence-electron chi connectivity index (χ4n) is 6.52. The molecule has 4 aromatic carbocycles. The van der Waals surface area contributed by atoms with Crippen molar-refractivity contribution in [3.63, 3.8) is 0 Å². The average molecular weight is 853 g/mol. The summed E-state index contributed by atoms with van der Waals surface area (Å²) in [6.45, 7) is 1.84. The molecule has 62 heavy (non-hydrogen) atoms. The Hall–Kier alpha value is -7.50. The first-order valence-corrected chi connectivity index (χ1v) is 19.7. The molecule has 7 rings (SSSR count). The topological polar surface area (TPSA) is 234 Å². The minimum Gasteiger partial charge on any atom is -0.481 e. The van der Waals surface area contributed by atoms with E-state index in [1.165, 1.54) is 30.3 Å². The number of hydrogen-bond donors (Lipinski definition) is 5. The van der Waals surface area contributed by atoms with Crippen LogP contribution in [0.4, 0.5) is 8.78 Å². The highest BCUT2D eigenvalue weighted by atomic mass is 19.1. The molecule has 18 heteroatoms. The number of oxime groups is 1. The van der Waals surface area contributed by atoms with E-state index in [-0.39, 0.29) is 60.2 Å². The number of carboxylic acid groups (broad SMARTS) is 1. The fraction of sp³-hybridized carbons (Fsp3) is 0.273. The molecule has 3 heterocycles. The SMILES string of the molecule is NC(=NO)c1cccc(F)c1.O=C(NCC(=O)N1CCC(C(=O)O)CC1)c1ccccc1.O=C(NCC(=O)N1CCC(c2nc(-c3cccc(F)c3)no2)CC1)c1ccccc1. The molecule has 0 atom stereocenters. The van der Waals surface area contributed by atoms with Crippen LogP contribution in [0.5, 0.6) is 0 Å². The number of rotatable bonds is 10. The van der Waals surface area contributed by atoms with Crippen molar-refractivity contribution in [1.82, 2.24) is 30.6 Å². The number of likely N-dealkylation sites (tertiary alicyclic amines) is 2. The molecular weight excluding hydrogens is 807 g/mol. The second kappa shape index (κ2) is 22.8. The van der Waals surface area contributed by atoms with Gasteiger partial charge in [0.25, 0.3) is 11.8 Å². The molecule has 5 aromatic rings. The summed E-state index contributed by atoms with van der Waals surface area (Å²) in [6, 6.07) is 29.0. The number of piperidine rings is 2. The molecule has 0 unspecified atom stereocenters. The number of nitrogens with two attached hydrogens (primary N) is 1. The molecule has 2 fully saturated rings. The Morgan fingerprint density at radius 2 is 1.18 bits per heavy atom. The van der Waals surface area contributed by atoms with E-state index in [0.29, 0.717) is 85.8 Å². The predicted octanol–water partition coefficient (Wildman–Crippen LogP) is 4.67. The van der Waals surface area contributed by atoms with E-state index in [1.54, 1.807) is 76.5 Å². The van der Waals surface area contributed by atoms with Gasteiger partial charge in [-0.05, 0) is 74.2 Å². The van der Waals surface area contributed by atoms with Crippen LogP contribution in [0.3, 0.4) is 0 Å². The molecule has 0 bridgehead atoms. The second-order valence-corrected chi connectivity index (χ2v) is 14.2. The summed E-state index contributed by atoms with van der Waals surface area (Å²) in [5.74, 6) is -1.99. The molecule has 2 saturated heterocycles. The zero-order chi connectivity index (χ0) is 44.4. The third-order valence-corrected chi connectivity index (χ3v) is 10.0. The number of benzene rings is 4. The van der Waals surface area contributed by atoms with Crippen LogP contribution >= 0.6 is 0 Å². The Bertz CT molecular complexity index is 2310. The van der Waals surface area contributed by atoms with Crippen LogP contribution in [0.25, 0.3) is 11.4 Å². The van der Waals surface area contributed by atoms with Gasteiger partial charge in [0.1, 0.15) is 11.6 Å². The fourth-order valence-corrected chi connectivity index (χ4v) is 6.52. The van der Waals surface area contributed by atoms with E-state index in [9.17, 15) is 32.8 Å². The maximum Gasteiger partial charge on any atom is 0.306 e. The summed E-state index contributed by atoms with van der Waals surface area (Å²) in [4.78, 5) is 66.9. The molecule has 0 aliphatic carbocycles. The van der Waals surface area contributed by atoms with Crippen molar-refractivity contribution in [2.45, 2.75) is 31.6 Å². The number of carbonyl (C=O) groups excluding carboxylic acids is 4. The minimum atomic E-state index is -0.806. The van der Waals surface area contributed by atoms with Gasteiger partial charge >= 0.3 is 5.97 Å². The van der Waals surface area contributed by atoms with Gasteiger partial charge in [-0.3, -0.25) is 24.0 Å². The third-order valence-electron chi connectivity index (χ3n) is 10.0.